The van der Waals surface area contributed by atoms with E-state index in [-0.39, 0.29) is 5.88 Å². The Labute approximate surface area is 56.5 Å². The van der Waals surface area contributed by atoms with Crippen LogP contribution in [-0.2, 0) is 11.5 Å². The number of aromatic hydroxyl groups is 1. The molecule has 2 N–H and O–H groups in total. The van der Waals surface area contributed by atoms with Gasteiger partial charge in [-0.25, -0.2) is 5.10 Å². The maximum Gasteiger partial charge on any atom is 0.211 e. The van der Waals surface area contributed by atoms with E-state index in [0.717, 1.165) is 22.8 Å². The number of aromatic amines is 1. The van der Waals surface area contributed by atoms with Gasteiger partial charge in [0.25, 0.3) is 0 Å². The number of fused-ring (bicyclic) bond motifs is 1. The zero-order valence-corrected chi connectivity index (χ0v) is 5.53. The normalized spacial score (nSPS) is 16.0. The Morgan fingerprint density at radius 2 is 2.44 bits per heavy atom. The molecule has 2 heterocycles. The Balaban J connectivity index is 2.56. The zero-order chi connectivity index (χ0) is 6.27. The lowest BCUT2D eigenvalue weighted by atomic mass is 10.3. The van der Waals surface area contributed by atoms with Crippen molar-refractivity contribution in [2.45, 2.75) is 11.5 Å². The Kier molecular flexibility index (Phi) is 0.958. The molecule has 0 aliphatic carbocycles. The van der Waals surface area contributed by atoms with Crippen molar-refractivity contribution < 1.29 is 5.11 Å². The predicted molar refractivity (Wildman–Crippen MR) is 35.3 cm³/mol. The highest BCUT2D eigenvalue weighted by Crippen LogP contribution is 2.32. The second-order valence-corrected chi connectivity index (χ2v) is 2.98. The third-order valence-electron chi connectivity index (χ3n) is 1.42. The van der Waals surface area contributed by atoms with Crippen LogP contribution in [0, 0.1) is 0 Å². The van der Waals surface area contributed by atoms with Crippen LogP contribution in [0.15, 0.2) is 0 Å². The van der Waals surface area contributed by atoms with Gasteiger partial charge in [-0.15, -0.1) is 0 Å². The number of hydrogen-bond acceptors (Lipinski definition) is 3. The van der Waals surface area contributed by atoms with Crippen molar-refractivity contribution in [3.63, 3.8) is 0 Å². The molecule has 0 unspecified atom stereocenters. The molecule has 3 nitrogen and oxygen atoms in total. The third kappa shape index (κ3) is 0.627. The van der Waals surface area contributed by atoms with Gasteiger partial charge in [-0.2, -0.15) is 16.9 Å². The highest BCUT2D eigenvalue weighted by Gasteiger charge is 2.17. The predicted octanol–water partition coefficient (Wildman–Crippen LogP) is 0.862. The molecule has 0 saturated carbocycles. The van der Waals surface area contributed by atoms with Gasteiger partial charge in [-0.3, -0.25) is 0 Å². The van der Waals surface area contributed by atoms with Gasteiger partial charge in [0, 0.05) is 17.1 Å². The number of hydrogen-bond donors (Lipinski definition) is 2. The number of thioether (sulfide) groups is 1. The molecule has 48 valence electrons. The smallest absolute Gasteiger partial charge is 0.211 e. The fourth-order valence-electron chi connectivity index (χ4n) is 0.913. The molecule has 0 saturated heterocycles. The molecular weight excluding hydrogens is 136 g/mol. The van der Waals surface area contributed by atoms with Crippen molar-refractivity contribution in [2.24, 2.45) is 0 Å². The summed E-state index contributed by atoms with van der Waals surface area (Å²) >= 11 is 1.78. The van der Waals surface area contributed by atoms with Crippen molar-refractivity contribution in [2.75, 3.05) is 0 Å². The van der Waals surface area contributed by atoms with E-state index in [0.29, 0.717) is 0 Å². The summed E-state index contributed by atoms with van der Waals surface area (Å²) in [5.74, 6) is 2.08. The van der Waals surface area contributed by atoms with E-state index in [1.54, 1.807) is 11.8 Å². The molecule has 0 atom stereocenters. The molecule has 1 aliphatic heterocycles. The van der Waals surface area contributed by atoms with Crippen LogP contribution in [0.4, 0.5) is 0 Å². The van der Waals surface area contributed by atoms with Gasteiger partial charge in [-0.1, -0.05) is 0 Å². The van der Waals surface area contributed by atoms with Crippen molar-refractivity contribution >= 4 is 11.8 Å². The summed E-state index contributed by atoms with van der Waals surface area (Å²) < 4.78 is 0. The van der Waals surface area contributed by atoms with Gasteiger partial charge in [0.1, 0.15) is 0 Å². The van der Waals surface area contributed by atoms with Crippen molar-refractivity contribution in [1.29, 1.82) is 0 Å². The average molecular weight is 142 g/mol. The molecule has 0 amide bonds. The first-order valence-electron chi connectivity index (χ1n) is 2.71. The first-order chi connectivity index (χ1) is 4.38. The number of aromatic nitrogens is 2. The van der Waals surface area contributed by atoms with E-state index in [1.165, 1.54) is 0 Å². The minimum absolute atomic E-state index is 0.245. The van der Waals surface area contributed by atoms with Crippen molar-refractivity contribution in [3.05, 3.63) is 11.3 Å². The van der Waals surface area contributed by atoms with E-state index in [2.05, 4.69) is 10.2 Å². The van der Waals surface area contributed by atoms with Crippen LogP contribution < -0.4 is 0 Å². The van der Waals surface area contributed by atoms with Crippen LogP contribution in [0.1, 0.15) is 11.3 Å². The molecule has 0 bridgehead atoms. The number of H-pyrrole nitrogens is 1. The largest absolute Gasteiger partial charge is 0.493 e. The molecule has 1 aromatic heterocycles. The highest BCUT2D eigenvalue weighted by atomic mass is 32.2. The molecule has 4 heteroatoms. The third-order valence-corrected chi connectivity index (χ3v) is 2.39. The zero-order valence-electron chi connectivity index (χ0n) is 4.72. The minimum Gasteiger partial charge on any atom is -0.493 e. The monoisotopic (exact) mass is 142 g/mol. The van der Waals surface area contributed by atoms with E-state index in [1.807, 2.05) is 0 Å². The summed E-state index contributed by atoms with van der Waals surface area (Å²) in [6.07, 6.45) is 0. The Morgan fingerprint density at radius 1 is 1.56 bits per heavy atom. The molecule has 0 radical (unpaired) electrons. The molecule has 1 aliphatic rings. The molecule has 2 rings (SSSR count). The second kappa shape index (κ2) is 1.67. The van der Waals surface area contributed by atoms with Gasteiger partial charge >= 0.3 is 0 Å². The SMILES string of the molecule is Oc1[nH]nc2c1CSC2. The van der Waals surface area contributed by atoms with Crippen molar-refractivity contribution in [3.8, 4) is 5.88 Å². The second-order valence-electron chi connectivity index (χ2n) is 1.99. The minimum atomic E-state index is 0.245. The first-order valence-corrected chi connectivity index (χ1v) is 3.86. The number of nitrogens with one attached hydrogen (secondary N) is 1. The van der Waals surface area contributed by atoms with Crippen LogP contribution in [0.5, 0.6) is 5.88 Å². The molecular formula is C5H6N2OS. The quantitative estimate of drug-likeness (QED) is 0.565. The summed E-state index contributed by atoms with van der Waals surface area (Å²) in [6, 6.07) is 0. The van der Waals surface area contributed by atoms with Crippen LogP contribution in [0.25, 0.3) is 0 Å². The van der Waals surface area contributed by atoms with Crippen LogP contribution in [0.2, 0.25) is 0 Å². The Morgan fingerprint density at radius 3 is 3.22 bits per heavy atom. The van der Waals surface area contributed by atoms with E-state index < -0.39 is 0 Å². The lowest BCUT2D eigenvalue weighted by molar-refractivity contribution is 0.448. The summed E-state index contributed by atoms with van der Waals surface area (Å²) in [5, 5.41) is 15.5. The molecule has 0 aromatic carbocycles. The maximum absolute atomic E-state index is 9.04. The summed E-state index contributed by atoms with van der Waals surface area (Å²) in [6.45, 7) is 0. The van der Waals surface area contributed by atoms with Gasteiger partial charge in [-0.05, 0) is 0 Å². The summed E-state index contributed by atoms with van der Waals surface area (Å²) in [7, 11) is 0. The molecule has 9 heavy (non-hydrogen) atoms. The van der Waals surface area contributed by atoms with Gasteiger partial charge in [0.15, 0.2) is 0 Å². The fraction of sp³-hybridized carbons (Fsp3) is 0.400. The van der Waals surface area contributed by atoms with Gasteiger partial charge in [0.2, 0.25) is 5.88 Å². The van der Waals surface area contributed by atoms with Gasteiger partial charge < -0.3 is 5.11 Å². The highest BCUT2D eigenvalue weighted by molar-refractivity contribution is 7.98. The van der Waals surface area contributed by atoms with Crippen LogP contribution in [0.3, 0.4) is 0 Å². The Bertz CT molecular complexity index is 233. The molecule has 0 spiro atoms. The maximum atomic E-state index is 9.04. The van der Waals surface area contributed by atoms with Crippen LogP contribution in [-0.4, -0.2) is 15.3 Å². The van der Waals surface area contributed by atoms with E-state index in [9.17, 15) is 0 Å². The van der Waals surface area contributed by atoms with Crippen molar-refractivity contribution in [1.82, 2.24) is 10.2 Å². The Hall–Kier alpha value is -0.640. The topological polar surface area (TPSA) is 48.9 Å². The average Bonchev–Trinajstić information content (AvgIpc) is 2.35. The van der Waals surface area contributed by atoms with Crippen LogP contribution >= 0.6 is 11.8 Å². The number of nitrogens with zero attached hydrogens (tertiary/aromatic N) is 1. The number of rotatable bonds is 0. The van der Waals surface area contributed by atoms with E-state index >= 15 is 0 Å². The van der Waals surface area contributed by atoms with E-state index in [4.69, 9.17) is 5.11 Å². The summed E-state index contributed by atoms with van der Waals surface area (Å²) in [5.41, 5.74) is 2.00. The summed E-state index contributed by atoms with van der Waals surface area (Å²) in [4.78, 5) is 0. The first kappa shape index (κ1) is 5.17. The van der Waals surface area contributed by atoms with Gasteiger partial charge in [0.05, 0.1) is 5.69 Å². The lowest BCUT2D eigenvalue weighted by Gasteiger charge is -1.84. The fourth-order valence-corrected chi connectivity index (χ4v) is 1.95. The lowest BCUT2D eigenvalue weighted by Crippen LogP contribution is -1.74. The standard InChI is InChI=1S/C5H6N2OS/c8-5-3-1-9-2-4(3)6-7-5/h1-2H2,(H2,6,7,8). The molecule has 1 aromatic rings. The molecule has 0 fully saturated rings.